The molecule has 0 saturated carbocycles. The van der Waals surface area contributed by atoms with Crippen LogP contribution >= 0.6 is 0 Å². The molecule has 2 heteroatoms. The maximum atomic E-state index is 5.80. The average molecular weight is 172 g/mol. The molecule has 72 valence electrons. The van der Waals surface area contributed by atoms with E-state index in [4.69, 9.17) is 9.47 Å². The van der Waals surface area contributed by atoms with Crippen molar-refractivity contribution in [3.63, 3.8) is 0 Å². The first-order chi connectivity index (χ1) is 5.52. The van der Waals surface area contributed by atoms with Gasteiger partial charge in [-0.1, -0.05) is 0 Å². The molecule has 2 nitrogen and oxygen atoms in total. The molecule has 0 bridgehead atoms. The molecule has 1 atom stereocenters. The molecule has 0 amide bonds. The van der Waals surface area contributed by atoms with Crippen LogP contribution in [0.15, 0.2) is 0 Å². The summed E-state index contributed by atoms with van der Waals surface area (Å²) in [5.74, 6) is 0. The van der Waals surface area contributed by atoms with E-state index in [0.717, 1.165) is 13.0 Å². The molecule has 1 fully saturated rings. The molecule has 0 radical (unpaired) electrons. The first kappa shape index (κ1) is 10.0. The minimum atomic E-state index is -0.120. The summed E-state index contributed by atoms with van der Waals surface area (Å²) < 4.78 is 11.4. The van der Waals surface area contributed by atoms with E-state index in [0.29, 0.717) is 6.10 Å². The van der Waals surface area contributed by atoms with Crippen molar-refractivity contribution in [2.24, 2.45) is 0 Å². The van der Waals surface area contributed by atoms with Crippen LogP contribution in [0.1, 0.15) is 40.5 Å². The van der Waals surface area contributed by atoms with Crippen molar-refractivity contribution in [1.29, 1.82) is 0 Å². The van der Waals surface area contributed by atoms with Gasteiger partial charge < -0.3 is 9.47 Å². The van der Waals surface area contributed by atoms with Crippen LogP contribution in [-0.2, 0) is 9.47 Å². The lowest BCUT2D eigenvalue weighted by molar-refractivity contribution is -0.130. The highest BCUT2D eigenvalue weighted by molar-refractivity contribution is 4.83. The Balaban J connectivity index is 2.45. The van der Waals surface area contributed by atoms with E-state index in [2.05, 4.69) is 27.7 Å². The van der Waals surface area contributed by atoms with E-state index < -0.39 is 0 Å². The van der Waals surface area contributed by atoms with E-state index in [-0.39, 0.29) is 11.7 Å². The Kier molecular flexibility index (Phi) is 3.13. The SMILES string of the molecule is CC(C)OC(C)(C)C1CCCO1. The molecule has 1 saturated heterocycles. The minimum Gasteiger partial charge on any atom is -0.375 e. The zero-order chi connectivity index (χ0) is 9.19. The Morgan fingerprint density at radius 2 is 2.08 bits per heavy atom. The zero-order valence-electron chi connectivity index (χ0n) is 8.59. The number of rotatable bonds is 3. The van der Waals surface area contributed by atoms with Crippen molar-refractivity contribution in [2.75, 3.05) is 6.61 Å². The highest BCUT2D eigenvalue weighted by Crippen LogP contribution is 2.27. The lowest BCUT2D eigenvalue weighted by Gasteiger charge is -2.32. The van der Waals surface area contributed by atoms with Gasteiger partial charge in [-0.25, -0.2) is 0 Å². The highest BCUT2D eigenvalue weighted by atomic mass is 16.6. The lowest BCUT2D eigenvalue weighted by atomic mass is 9.99. The highest BCUT2D eigenvalue weighted by Gasteiger charge is 2.34. The van der Waals surface area contributed by atoms with E-state index in [1.807, 2.05) is 0 Å². The van der Waals surface area contributed by atoms with E-state index in [1.54, 1.807) is 0 Å². The molecule has 1 aliphatic rings. The third-order valence-electron chi connectivity index (χ3n) is 2.24. The summed E-state index contributed by atoms with van der Waals surface area (Å²) in [6.45, 7) is 9.26. The zero-order valence-corrected chi connectivity index (χ0v) is 8.59. The Hall–Kier alpha value is -0.0800. The maximum Gasteiger partial charge on any atom is 0.0890 e. The predicted molar refractivity (Wildman–Crippen MR) is 49.3 cm³/mol. The predicted octanol–water partition coefficient (Wildman–Crippen LogP) is 2.37. The topological polar surface area (TPSA) is 18.5 Å². The molecule has 0 aromatic heterocycles. The maximum absolute atomic E-state index is 5.80. The molecule has 1 unspecified atom stereocenters. The van der Waals surface area contributed by atoms with Gasteiger partial charge in [0.05, 0.1) is 17.8 Å². The van der Waals surface area contributed by atoms with Crippen LogP contribution in [0.5, 0.6) is 0 Å². The largest absolute Gasteiger partial charge is 0.375 e. The van der Waals surface area contributed by atoms with Crippen molar-refractivity contribution in [1.82, 2.24) is 0 Å². The number of hydrogen-bond donors (Lipinski definition) is 0. The van der Waals surface area contributed by atoms with Crippen LogP contribution in [0.25, 0.3) is 0 Å². The van der Waals surface area contributed by atoms with E-state index in [9.17, 15) is 0 Å². The Labute approximate surface area is 75.2 Å². The van der Waals surface area contributed by atoms with Gasteiger partial charge in [-0.05, 0) is 40.5 Å². The van der Waals surface area contributed by atoms with Gasteiger partial charge in [-0.2, -0.15) is 0 Å². The summed E-state index contributed by atoms with van der Waals surface area (Å²) in [5, 5.41) is 0. The fourth-order valence-electron chi connectivity index (χ4n) is 1.81. The second kappa shape index (κ2) is 3.75. The van der Waals surface area contributed by atoms with Gasteiger partial charge in [-0.3, -0.25) is 0 Å². The van der Waals surface area contributed by atoms with E-state index in [1.165, 1.54) is 6.42 Å². The minimum absolute atomic E-state index is 0.120. The lowest BCUT2D eigenvalue weighted by Crippen LogP contribution is -2.40. The first-order valence-electron chi connectivity index (χ1n) is 4.82. The molecule has 0 N–H and O–H groups in total. The summed E-state index contributed by atoms with van der Waals surface area (Å²) in [7, 11) is 0. The summed E-state index contributed by atoms with van der Waals surface area (Å²) in [5.41, 5.74) is -0.120. The molecule has 0 spiro atoms. The molecular formula is C10H20O2. The molecule has 0 aromatic carbocycles. The van der Waals surface area contributed by atoms with Crippen LogP contribution in [0, 0.1) is 0 Å². The molecule has 1 heterocycles. The van der Waals surface area contributed by atoms with Crippen molar-refractivity contribution in [2.45, 2.75) is 58.3 Å². The molecule has 12 heavy (non-hydrogen) atoms. The van der Waals surface area contributed by atoms with Crippen molar-refractivity contribution < 1.29 is 9.47 Å². The van der Waals surface area contributed by atoms with Crippen LogP contribution in [0.3, 0.4) is 0 Å². The van der Waals surface area contributed by atoms with Gasteiger partial charge in [0, 0.05) is 6.61 Å². The summed E-state index contributed by atoms with van der Waals surface area (Å²) in [6, 6.07) is 0. The molecule has 1 rings (SSSR count). The van der Waals surface area contributed by atoms with Crippen LogP contribution in [0.4, 0.5) is 0 Å². The van der Waals surface area contributed by atoms with Gasteiger partial charge in [0.25, 0.3) is 0 Å². The monoisotopic (exact) mass is 172 g/mol. The fourth-order valence-corrected chi connectivity index (χ4v) is 1.81. The molecular weight excluding hydrogens is 152 g/mol. The van der Waals surface area contributed by atoms with Crippen molar-refractivity contribution >= 4 is 0 Å². The summed E-state index contributed by atoms with van der Waals surface area (Å²) in [4.78, 5) is 0. The smallest absolute Gasteiger partial charge is 0.0890 e. The second-order valence-electron chi connectivity index (χ2n) is 4.27. The molecule has 1 aliphatic heterocycles. The third kappa shape index (κ3) is 2.46. The number of hydrogen-bond acceptors (Lipinski definition) is 2. The third-order valence-corrected chi connectivity index (χ3v) is 2.24. The van der Waals surface area contributed by atoms with Gasteiger partial charge in [0.2, 0.25) is 0 Å². The molecule has 0 aromatic rings. The Bertz CT molecular complexity index is 135. The quantitative estimate of drug-likeness (QED) is 0.650. The van der Waals surface area contributed by atoms with Gasteiger partial charge >= 0.3 is 0 Å². The average Bonchev–Trinajstić information content (AvgIpc) is 2.32. The summed E-state index contributed by atoms with van der Waals surface area (Å²) in [6.07, 6.45) is 2.89. The van der Waals surface area contributed by atoms with Crippen LogP contribution < -0.4 is 0 Å². The second-order valence-corrected chi connectivity index (χ2v) is 4.27. The van der Waals surface area contributed by atoms with Crippen LogP contribution in [0.2, 0.25) is 0 Å². The summed E-state index contributed by atoms with van der Waals surface area (Å²) >= 11 is 0. The Morgan fingerprint density at radius 1 is 1.42 bits per heavy atom. The van der Waals surface area contributed by atoms with Gasteiger partial charge in [0.15, 0.2) is 0 Å². The van der Waals surface area contributed by atoms with Gasteiger partial charge in [-0.15, -0.1) is 0 Å². The number of ether oxygens (including phenoxy) is 2. The van der Waals surface area contributed by atoms with Crippen LogP contribution in [-0.4, -0.2) is 24.4 Å². The fraction of sp³-hybridized carbons (Fsp3) is 1.00. The Morgan fingerprint density at radius 3 is 2.50 bits per heavy atom. The van der Waals surface area contributed by atoms with Gasteiger partial charge in [0.1, 0.15) is 0 Å². The first-order valence-corrected chi connectivity index (χ1v) is 4.82. The normalized spacial score (nSPS) is 25.2. The molecule has 0 aliphatic carbocycles. The standard InChI is InChI=1S/C10H20O2/c1-8(2)12-10(3,4)9-6-5-7-11-9/h8-9H,5-7H2,1-4H3. The van der Waals surface area contributed by atoms with Crippen molar-refractivity contribution in [3.05, 3.63) is 0 Å². The van der Waals surface area contributed by atoms with Crippen molar-refractivity contribution in [3.8, 4) is 0 Å². The van der Waals surface area contributed by atoms with E-state index >= 15 is 0 Å².